The van der Waals surface area contributed by atoms with Gasteiger partial charge in [0.25, 0.3) is 0 Å². The molecule has 2 fully saturated rings. The topological polar surface area (TPSA) is 24.9 Å². The molecule has 2 saturated heterocycles. The van der Waals surface area contributed by atoms with Crippen LogP contribution in [0.3, 0.4) is 0 Å². The third kappa shape index (κ3) is 5.28. The molecule has 29 heavy (non-hydrogen) atoms. The lowest BCUT2D eigenvalue weighted by Gasteiger charge is -2.34. The number of rotatable bonds is 5. The summed E-state index contributed by atoms with van der Waals surface area (Å²) in [4.78, 5) is 4.46. The van der Waals surface area contributed by atoms with Crippen molar-refractivity contribution in [3.8, 4) is 11.5 Å². The minimum absolute atomic E-state index is 0.110. The summed E-state index contributed by atoms with van der Waals surface area (Å²) in [5, 5.41) is 0. The van der Waals surface area contributed by atoms with Crippen LogP contribution in [0.4, 0.5) is 24.5 Å². The Bertz CT molecular complexity index is 796. The minimum Gasteiger partial charge on any atom is -0.490 e. The zero-order chi connectivity index (χ0) is 20.3. The third-order valence-corrected chi connectivity index (χ3v) is 5.47. The van der Waals surface area contributed by atoms with Crippen LogP contribution >= 0.6 is 0 Å². The van der Waals surface area contributed by atoms with Crippen molar-refractivity contribution in [2.75, 3.05) is 36.0 Å². The van der Waals surface area contributed by atoms with E-state index < -0.39 is 6.36 Å². The molecule has 0 unspecified atom stereocenters. The van der Waals surface area contributed by atoms with Crippen molar-refractivity contribution in [3.63, 3.8) is 0 Å². The number of halogens is 3. The first-order valence-electron chi connectivity index (χ1n) is 10.1. The molecule has 0 N–H and O–H groups in total. The molecule has 0 radical (unpaired) electrons. The van der Waals surface area contributed by atoms with Crippen LogP contribution in [0.5, 0.6) is 11.5 Å². The van der Waals surface area contributed by atoms with E-state index in [0.717, 1.165) is 50.5 Å². The molecular weight excluding hydrogens is 381 g/mol. The molecule has 2 aromatic carbocycles. The standard InChI is InChI=1S/C22H25F3N2O2/c23-22(24,25)29-21-5-3-4-18(16-21)27-14-10-20(11-15-27)28-19-8-6-17(7-9-19)26-12-1-2-13-26/h3-9,16,20H,1-2,10-15H2. The smallest absolute Gasteiger partial charge is 0.490 e. The summed E-state index contributed by atoms with van der Waals surface area (Å²) in [7, 11) is 0. The second kappa shape index (κ2) is 8.43. The summed E-state index contributed by atoms with van der Waals surface area (Å²) in [5.74, 6) is 0.679. The second-order valence-electron chi connectivity index (χ2n) is 7.54. The van der Waals surface area contributed by atoms with Gasteiger partial charge in [0, 0.05) is 56.5 Å². The van der Waals surface area contributed by atoms with Gasteiger partial charge in [0.15, 0.2) is 0 Å². The maximum Gasteiger partial charge on any atom is 0.573 e. The predicted octanol–water partition coefficient (Wildman–Crippen LogP) is 5.23. The molecule has 0 spiro atoms. The Morgan fingerprint density at radius 2 is 1.41 bits per heavy atom. The van der Waals surface area contributed by atoms with Crippen LogP contribution in [0.25, 0.3) is 0 Å². The molecule has 4 nitrogen and oxygen atoms in total. The lowest BCUT2D eigenvalue weighted by molar-refractivity contribution is -0.274. The molecule has 4 rings (SSSR count). The van der Waals surface area contributed by atoms with E-state index in [-0.39, 0.29) is 11.9 Å². The fourth-order valence-corrected chi connectivity index (χ4v) is 4.01. The number of benzene rings is 2. The number of hydrogen-bond acceptors (Lipinski definition) is 4. The predicted molar refractivity (Wildman–Crippen MR) is 107 cm³/mol. The summed E-state index contributed by atoms with van der Waals surface area (Å²) in [5.41, 5.74) is 1.98. The van der Waals surface area contributed by atoms with E-state index in [1.54, 1.807) is 6.07 Å². The molecule has 2 aliphatic rings. The van der Waals surface area contributed by atoms with Gasteiger partial charge in [0.05, 0.1) is 0 Å². The highest BCUT2D eigenvalue weighted by atomic mass is 19.4. The van der Waals surface area contributed by atoms with Crippen molar-refractivity contribution >= 4 is 11.4 Å². The molecular formula is C22H25F3N2O2. The fourth-order valence-electron chi connectivity index (χ4n) is 4.01. The molecule has 2 heterocycles. The Morgan fingerprint density at radius 1 is 0.759 bits per heavy atom. The van der Waals surface area contributed by atoms with Gasteiger partial charge in [-0.25, -0.2) is 0 Å². The minimum atomic E-state index is -4.68. The van der Waals surface area contributed by atoms with Gasteiger partial charge in [0.2, 0.25) is 0 Å². The van der Waals surface area contributed by atoms with Crippen LogP contribution in [-0.2, 0) is 0 Å². The largest absolute Gasteiger partial charge is 0.573 e. The highest BCUT2D eigenvalue weighted by Crippen LogP contribution is 2.30. The van der Waals surface area contributed by atoms with Crippen LogP contribution in [-0.4, -0.2) is 38.6 Å². The molecule has 0 bridgehead atoms. The van der Waals surface area contributed by atoms with Crippen molar-refractivity contribution in [1.29, 1.82) is 0 Å². The Balaban J connectivity index is 1.30. The van der Waals surface area contributed by atoms with Crippen molar-refractivity contribution in [1.82, 2.24) is 0 Å². The second-order valence-corrected chi connectivity index (χ2v) is 7.54. The maximum atomic E-state index is 12.4. The molecule has 2 aliphatic heterocycles. The van der Waals surface area contributed by atoms with E-state index in [1.165, 1.54) is 30.7 Å². The first-order valence-corrected chi connectivity index (χ1v) is 10.1. The Kier molecular flexibility index (Phi) is 5.74. The van der Waals surface area contributed by atoms with E-state index in [1.807, 2.05) is 18.2 Å². The fraction of sp³-hybridized carbons (Fsp3) is 0.455. The van der Waals surface area contributed by atoms with Crippen LogP contribution in [0.2, 0.25) is 0 Å². The average Bonchev–Trinajstić information content (AvgIpc) is 3.23. The van der Waals surface area contributed by atoms with Crippen molar-refractivity contribution in [3.05, 3.63) is 48.5 Å². The van der Waals surface area contributed by atoms with Gasteiger partial charge >= 0.3 is 6.36 Å². The van der Waals surface area contributed by atoms with Gasteiger partial charge in [-0.2, -0.15) is 0 Å². The van der Waals surface area contributed by atoms with Crippen molar-refractivity contribution in [2.24, 2.45) is 0 Å². The maximum absolute atomic E-state index is 12.4. The van der Waals surface area contributed by atoms with E-state index >= 15 is 0 Å². The molecule has 7 heteroatoms. The zero-order valence-corrected chi connectivity index (χ0v) is 16.2. The number of alkyl halides is 3. The Hall–Kier alpha value is -2.57. The summed E-state index contributed by atoms with van der Waals surface area (Å²) in [6.45, 7) is 3.69. The lowest BCUT2D eigenvalue weighted by atomic mass is 10.1. The van der Waals surface area contributed by atoms with Crippen molar-refractivity contribution < 1.29 is 22.6 Å². The zero-order valence-electron chi connectivity index (χ0n) is 16.2. The van der Waals surface area contributed by atoms with Crippen molar-refractivity contribution in [2.45, 2.75) is 38.1 Å². The highest BCUT2D eigenvalue weighted by Gasteiger charge is 2.31. The van der Waals surface area contributed by atoms with Crippen LogP contribution in [0.15, 0.2) is 48.5 Å². The van der Waals surface area contributed by atoms with Gasteiger partial charge in [-0.3, -0.25) is 0 Å². The summed E-state index contributed by atoms with van der Waals surface area (Å²) >= 11 is 0. The average molecular weight is 406 g/mol. The molecule has 2 aromatic rings. The van der Waals surface area contributed by atoms with E-state index in [9.17, 15) is 13.2 Å². The third-order valence-electron chi connectivity index (χ3n) is 5.47. The Morgan fingerprint density at radius 3 is 2.07 bits per heavy atom. The van der Waals surface area contributed by atoms with E-state index in [0.29, 0.717) is 0 Å². The van der Waals surface area contributed by atoms with Gasteiger partial charge in [-0.1, -0.05) is 6.07 Å². The molecule has 0 amide bonds. The van der Waals surface area contributed by atoms with Gasteiger partial charge in [-0.05, 0) is 49.2 Å². The number of hydrogen-bond donors (Lipinski definition) is 0. The lowest BCUT2D eigenvalue weighted by Crippen LogP contribution is -2.38. The first kappa shape index (κ1) is 19.7. The molecule has 0 aromatic heterocycles. The molecule has 0 atom stereocenters. The highest BCUT2D eigenvalue weighted by molar-refractivity contribution is 5.51. The molecule has 0 saturated carbocycles. The number of nitrogens with zero attached hydrogens (tertiary/aromatic N) is 2. The summed E-state index contributed by atoms with van der Waals surface area (Å²) in [6.07, 6.45) is -0.428. The SMILES string of the molecule is FC(F)(F)Oc1cccc(N2CCC(Oc3ccc(N4CCCC4)cc3)CC2)c1. The first-order chi connectivity index (χ1) is 14.0. The van der Waals surface area contributed by atoms with Gasteiger partial charge < -0.3 is 19.3 Å². The summed E-state index contributed by atoms with van der Waals surface area (Å²) < 4.78 is 47.4. The monoisotopic (exact) mass is 406 g/mol. The molecule has 0 aliphatic carbocycles. The number of ether oxygens (including phenoxy) is 2. The number of anilines is 2. The van der Waals surface area contributed by atoms with Gasteiger partial charge in [0.1, 0.15) is 17.6 Å². The normalized spacial score (nSPS) is 18.2. The van der Waals surface area contributed by atoms with Gasteiger partial charge in [-0.15, -0.1) is 13.2 Å². The van der Waals surface area contributed by atoms with Crippen LogP contribution < -0.4 is 19.3 Å². The van der Waals surface area contributed by atoms with E-state index in [4.69, 9.17) is 4.74 Å². The van der Waals surface area contributed by atoms with Crippen LogP contribution in [0.1, 0.15) is 25.7 Å². The molecule has 156 valence electrons. The quantitative estimate of drug-likeness (QED) is 0.679. The Labute approximate surface area is 168 Å². The summed E-state index contributed by atoms with van der Waals surface area (Å²) in [6, 6.07) is 14.4. The number of piperidine rings is 1. The van der Waals surface area contributed by atoms with E-state index in [2.05, 4.69) is 26.7 Å². The van der Waals surface area contributed by atoms with Crippen LogP contribution in [0, 0.1) is 0 Å².